The van der Waals surface area contributed by atoms with Crippen LogP contribution in [-0.4, -0.2) is 56.4 Å². The van der Waals surface area contributed by atoms with E-state index in [9.17, 15) is 0 Å². The van der Waals surface area contributed by atoms with Crippen molar-refractivity contribution in [2.75, 3.05) is 19.8 Å². The molecule has 6 heteroatoms. The zero-order valence-corrected chi connectivity index (χ0v) is 6.51. The van der Waals surface area contributed by atoms with Crippen LogP contribution < -0.4 is 0 Å². The highest BCUT2D eigenvalue weighted by Crippen LogP contribution is 2.30. The molecule has 0 aliphatic carbocycles. The molecule has 0 atom stereocenters. The van der Waals surface area contributed by atoms with Crippen molar-refractivity contribution in [3.05, 3.63) is 0 Å². The Balaban J connectivity index is 4.57. The van der Waals surface area contributed by atoms with Gasteiger partial charge in [-0.25, -0.2) is 0 Å². The fourth-order valence-corrected chi connectivity index (χ4v) is 0.802. The lowest BCUT2D eigenvalue weighted by molar-refractivity contribution is -0.387. The third kappa shape index (κ3) is 2.13. The first-order valence-electron chi connectivity index (χ1n) is 3.43. The summed E-state index contributed by atoms with van der Waals surface area (Å²) >= 11 is 0. The number of aliphatic hydroxyl groups is 6. The Kier molecular flexibility index (Phi) is 4.04. The molecule has 0 heterocycles. The lowest BCUT2D eigenvalue weighted by Crippen LogP contribution is -2.53. The molecule has 0 aromatic carbocycles. The van der Waals surface area contributed by atoms with Gasteiger partial charge < -0.3 is 30.6 Å². The minimum absolute atomic E-state index is 0.316. The van der Waals surface area contributed by atoms with Crippen LogP contribution in [0.4, 0.5) is 0 Å². The molecule has 12 heavy (non-hydrogen) atoms. The van der Waals surface area contributed by atoms with Crippen LogP contribution in [0.2, 0.25) is 0 Å². The summed E-state index contributed by atoms with van der Waals surface area (Å²) in [5.74, 6) is -3.20. The van der Waals surface area contributed by atoms with Gasteiger partial charge in [-0.1, -0.05) is 0 Å². The maximum absolute atomic E-state index is 8.74. The molecule has 0 fully saturated rings. The number of rotatable bonds is 5. The molecule has 0 amide bonds. The second-order valence-corrected chi connectivity index (χ2v) is 2.71. The van der Waals surface area contributed by atoms with Crippen molar-refractivity contribution in [3.63, 3.8) is 0 Å². The Morgan fingerprint density at radius 3 is 1.33 bits per heavy atom. The predicted molar refractivity (Wildman–Crippen MR) is 37.7 cm³/mol. The van der Waals surface area contributed by atoms with Crippen LogP contribution in [0.5, 0.6) is 0 Å². The van der Waals surface area contributed by atoms with Crippen LogP contribution >= 0.6 is 0 Å². The van der Waals surface area contributed by atoms with Gasteiger partial charge in [0, 0.05) is 6.61 Å². The molecular weight excluding hydrogens is 168 g/mol. The molecule has 0 radical (unpaired) electrons. The van der Waals surface area contributed by atoms with Crippen LogP contribution in [-0.2, 0) is 0 Å². The lowest BCUT2D eigenvalue weighted by atomic mass is 9.83. The Labute approximate surface area is 69.3 Å². The standard InChI is InChI=1S/C6H14O6/c7-2-1-5(3-8,4-9)6(10,11)12/h7-12H,1-4H2. The molecule has 0 aromatic rings. The van der Waals surface area contributed by atoms with Gasteiger partial charge in [0.25, 0.3) is 5.97 Å². The van der Waals surface area contributed by atoms with E-state index in [2.05, 4.69) is 0 Å². The first-order valence-corrected chi connectivity index (χ1v) is 3.43. The van der Waals surface area contributed by atoms with E-state index in [0.29, 0.717) is 0 Å². The van der Waals surface area contributed by atoms with Crippen molar-refractivity contribution in [1.82, 2.24) is 0 Å². The summed E-state index contributed by atoms with van der Waals surface area (Å²) < 4.78 is 0. The zero-order valence-electron chi connectivity index (χ0n) is 6.51. The molecular formula is C6H14O6. The van der Waals surface area contributed by atoms with Gasteiger partial charge in [-0.05, 0) is 6.42 Å². The quantitative estimate of drug-likeness (QED) is 0.251. The summed E-state index contributed by atoms with van der Waals surface area (Å²) in [6, 6.07) is 0. The largest absolute Gasteiger partial charge is 0.396 e. The van der Waals surface area contributed by atoms with E-state index in [4.69, 9.17) is 30.6 Å². The fourth-order valence-electron chi connectivity index (χ4n) is 0.802. The van der Waals surface area contributed by atoms with E-state index in [1.54, 1.807) is 0 Å². The lowest BCUT2D eigenvalue weighted by Gasteiger charge is -2.36. The van der Waals surface area contributed by atoms with Crippen molar-refractivity contribution in [2.24, 2.45) is 5.41 Å². The van der Waals surface area contributed by atoms with Gasteiger partial charge in [0.15, 0.2) is 0 Å². The van der Waals surface area contributed by atoms with Crippen LogP contribution in [0, 0.1) is 5.41 Å². The predicted octanol–water partition coefficient (Wildman–Crippen LogP) is -3.03. The van der Waals surface area contributed by atoms with Crippen molar-refractivity contribution in [1.29, 1.82) is 0 Å². The summed E-state index contributed by atoms with van der Waals surface area (Å²) in [7, 11) is 0. The van der Waals surface area contributed by atoms with E-state index < -0.39 is 31.2 Å². The third-order valence-corrected chi connectivity index (χ3v) is 1.91. The molecule has 0 saturated carbocycles. The highest BCUT2D eigenvalue weighted by atomic mass is 16.7. The van der Waals surface area contributed by atoms with E-state index in [0.717, 1.165) is 0 Å². The zero-order chi connectivity index (χ0) is 9.83. The van der Waals surface area contributed by atoms with Crippen molar-refractivity contribution in [2.45, 2.75) is 12.4 Å². The molecule has 0 aliphatic rings. The highest BCUT2D eigenvalue weighted by molar-refractivity contribution is 4.83. The molecule has 0 rings (SSSR count). The minimum atomic E-state index is -3.20. The monoisotopic (exact) mass is 182 g/mol. The van der Waals surface area contributed by atoms with E-state index in [1.807, 2.05) is 0 Å². The maximum Gasteiger partial charge on any atom is 0.285 e. The minimum Gasteiger partial charge on any atom is -0.396 e. The Morgan fingerprint density at radius 1 is 0.833 bits per heavy atom. The Bertz CT molecular complexity index is 124. The van der Waals surface area contributed by atoms with E-state index >= 15 is 0 Å². The molecule has 6 nitrogen and oxygen atoms in total. The summed E-state index contributed by atoms with van der Waals surface area (Å²) in [5.41, 5.74) is -1.90. The van der Waals surface area contributed by atoms with Gasteiger partial charge in [-0.15, -0.1) is 0 Å². The van der Waals surface area contributed by atoms with Crippen LogP contribution in [0.25, 0.3) is 0 Å². The summed E-state index contributed by atoms with van der Waals surface area (Å²) in [6.07, 6.45) is -0.316. The Hall–Kier alpha value is -0.240. The molecule has 0 bridgehead atoms. The van der Waals surface area contributed by atoms with Crippen LogP contribution in [0.1, 0.15) is 6.42 Å². The van der Waals surface area contributed by atoms with Gasteiger partial charge >= 0.3 is 0 Å². The fraction of sp³-hybridized carbons (Fsp3) is 1.00. The Morgan fingerprint density at radius 2 is 1.25 bits per heavy atom. The van der Waals surface area contributed by atoms with E-state index in [-0.39, 0.29) is 6.42 Å². The first kappa shape index (κ1) is 11.8. The topological polar surface area (TPSA) is 121 Å². The molecule has 0 saturated heterocycles. The van der Waals surface area contributed by atoms with E-state index in [1.165, 1.54) is 0 Å². The molecule has 0 aliphatic heterocycles. The SMILES string of the molecule is OCCC(CO)(CO)C(O)(O)O. The number of aliphatic hydroxyl groups excluding tert-OH is 3. The van der Waals surface area contributed by atoms with Crippen LogP contribution in [0.3, 0.4) is 0 Å². The molecule has 0 unspecified atom stereocenters. The smallest absolute Gasteiger partial charge is 0.285 e. The molecule has 0 aromatic heterocycles. The van der Waals surface area contributed by atoms with Gasteiger partial charge in [-0.2, -0.15) is 0 Å². The number of hydrogen-bond donors (Lipinski definition) is 6. The maximum atomic E-state index is 8.74. The van der Waals surface area contributed by atoms with Gasteiger partial charge in [-0.3, -0.25) is 0 Å². The summed E-state index contributed by atoms with van der Waals surface area (Å²) in [5, 5.41) is 52.1. The van der Waals surface area contributed by atoms with Gasteiger partial charge in [0.1, 0.15) is 0 Å². The van der Waals surface area contributed by atoms with Gasteiger partial charge in [0.2, 0.25) is 0 Å². The molecule has 6 N–H and O–H groups in total. The highest BCUT2D eigenvalue weighted by Gasteiger charge is 2.47. The average molecular weight is 182 g/mol. The van der Waals surface area contributed by atoms with Crippen molar-refractivity contribution >= 4 is 0 Å². The normalized spacial score (nSPS) is 13.5. The second kappa shape index (κ2) is 4.13. The number of hydrogen-bond acceptors (Lipinski definition) is 6. The third-order valence-electron chi connectivity index (χ3n) is 1.91. The van der Waals surface area contributed by atoms with Crippen molar-refractivity contribution in [3.8, 4) is 0 Å². The van der Waals surface area contributed by atoms with Gasteiger partial charge in [0.05, 0.1) is 18.6 Å². The van der Waals surface area contributed by atoms with Crippen molar-refractivity contribution < 1.29 is 30.6 Å². The molecule has 74 valence electrons. The summed E-state index contributed by atoms with van der Waals surface area (Å²) in [4.78, 5) is 0. The second-order valence-electron chi connectivity index (χ2n) is 2.71. The average Bonchev–Trinajstić information content (AvgIpc) is 1.98. The first-order chi connectivity index (χ1) is 5.43. The summed E-state index contributed by atoms with van der Waals surface area (Å²) in [6.45, 7) is -2.16. The van der Waals surface area contributed by atoms with Crippen LogP contribution in [0.15, 0.2) is 0 Å². The molecule has 0 spiro atoms.